The van der Waals surface area contributed by atoms with Crippen LogP contribution < -0.4 is 10.1 Å². The second-order valence-corrected chi connectivity index (χ2v) is 4.37. The zero-order valence-corrected chi connectivity index (χ0v) is 10.2. The average molecular weight is 256 g/mol. The first-order chi connectivity index (χ1) is 8.74. The van der Waals surface area contributed by atoms with Crippen molar-refractivity contribution in [2.75, 3.05) is 32.7 Å². The van der Waals surface area contributed by atoms with Crippen LogP contribution in [0.1, 0.15) is 5.56 Å². The zero-order chi connectivity index (χ0) is 12.8. The quantitative estimate of drug-likeness (QED) is 0.868. The summed E-state index contributed by atoms with van der Waals surface area (Å²) in [7, 11) is 0. The predicted molar refractivity (Wildman–Crippen MR) is 66.1 cm³/mol. The molecule has 0 spiro atoms. The minimum Gasteiger partial charge on any atom is -0.435 e. The summed E-state index contributed by atoms with van der Waals surface area (Å²) < 4.78 is 28.6. The molecule has 1 aromatic carbocycles. The molecule has 1 saturated heterocycles. The minimum atomic E-state index is -2.76. The van der Waals surface area contributed by atoms with Gasteiger partial charge in [0.25, 0.3) is 0 Å². The monoisotopic (exact) mass is 256 g/mol. The molecule has 5 heteroatoms. The van der Waals surface area contributed by atoms with Gasteiger partial charge in [-0.1, -0.05) is 12.1 Å². The normalized spacial score (nSPS) is 17.1. The van der Waals surface area contributed by atoms with Crippen molar-refractivity contribution in [1.82, 2.24) is 10.2 Å². The molecule has 0 aromatic heterocycles. The van der Waals surface area contributed by atoms with Gasteiger partial charge in [0.15, 0.2) is 0 Å². The number of benzene rings is 1. The van der Waals surface area contributed by atoms with Crippen molar-refractivity contribution in [3.05, 3.63) is 29.8 Å². The topological polar surface area (TPSA) is 24.5 Å². The number of hydrogen-bond acceptors (Lipinski definition) is 3. The van der Waals surface area contributed by atoms with Crippen molar-refractivity contribution in [2.45, 2.75) is 13.0 Å². The van der Waals surface area contributed by atoms with Gasteiger partial charge >= 0.3 is 6.61 Å². The van der Waals surface area contributed by atoms with Gasteiger partial charge in [-0.3, -0.25) is 0 Å². The molecule has 0 saturated carbocycles. The van der Waals surface area contributed by atoms with Gasteiger partial charge in [-0.05, 0) is 24.1 Å². The Labute approximate surface area is 106 Å². The van der Waals surface area contributed by atoms with Gasteiger partial charge < -0.3 is 15.0 Å². The van der Waals surface area contributed by atoms with E-state index in [4.69, 9.17) is 0 Å². The maximum Gasteiger partial charge on any atom is 0.387 e. The molecular weight excluding hydrogens is 238 g/mol. The molecule has 0 amide bonds. The Hall–Kier alpha value is -1.20. The lowest BCUT2D eigenvalue weighted by molar-refractivity contribution is -0.0498. The number of hydrogen-bond donors (Lipinski definition) is 1. The summed E-state index contributed by atoms with van der Waals surface area (Å²) in [5.74, 6) is 0.239. The molecule has 1 aromatic rings. The molecule has 1 aliphatic heterocycles. The second-order valence-electron chi connectivity index (χ2n) is 4.37. The summed E-state index contributed by atoms with van der Waals surface area (Å²) in [6, 6.07) is 6.94. The van der Waals surface area contributed by atoms with Crippen LogP contribution in [0.25, 0.3) is 0 Å². The highest BCUT2D eigenvalue weighted by atomic mass is 19.3. The molecule has 1 heterocycles. The summed E-state index contributed by atoms with van der Waals surface area (Å²) in [5, 5.41) is 3.30. The van der Waals surface area contributed by atoms with E-state index in [1.165, 1.54) is 0 Å². The molecule has 0 aliphatic carbocycles. The molecule has 0 bridgehead atoms. The van der Waals surface area contributed by atoms with E-state index in [-0.39, 0.29) is 5.75 Å². The van der Waals surface area contributed by atoms with Crippen LogP contribution in [0.3, 0.4) is 0 Å². The first kappa shape index (κ1) is 13.2. The third-order valence-corrected chi connectivity index (χ3v) is 3.05. The molecule has 100 valence electrons. The van der Waals surface area contributed by atoms with E-state index < -0.39 is 6.61 Å². The number of alkyl halides is 2. The van der Waals surface area contributed by atoms with E-state index in [2.05, 4.69) is 15.0 Å². The highest BCUT2D eigenvalue weighted by Gasteiger charge is 2.09. The fourth-order valence-electron chi connectivity index (χ4n) is 2.10. The highest BCUT2D eigenvalue weighted by molar-refractivity contribution is 5.28. The second kappa shape index (κ2) is 6.66. The molecule has 1 N–H and O–H groups in total. The maximum absolute atomic E-state index is 12.1. The Morgan fingerprint density at radius 1 is 1.28 bits per heavy atom. The van der Waals surface area contributed by atoms with Gasteiger partial charge in [0.2, 0.25) is 0 Å². The average Bonchev–Trinajstić information content (AvgIpc) is 2.37. The third-order valence-electron chi connectivity index (χ3n) is 3.05. The van der Waals surface area contributed by atoms with Crippen LogP contribution in [-0.2, 0) is 6.42 Å². The first-order valence-electron chi connectivity index (χ1n) is 6.21. The van der Waals surface area contributed by atoms with Crippen LogP contribution in [0.5, 0.6) is 5.75 Å². The number of halogens is 2. The number of ether oxygens (including phenoxy) is 1. The Morgan fingerprint density at radius 2 is 2.06 bits per heavy atom. The Morgan fingerprint density at radius 3 is 2.78 bits per heavy atom. The lowest BCUT2D eigenvalue weighted by Gasteiger charge is -2.27. The van der Waals surface area contributed by atoms with Gasteiger partial charge in [-0.2, -0.15) is 8.78 Å². The molecule has 2 rings (SSSR count). The van der Waals surface area contributed by atoms with Gasteiger partial charge in [-0.25, -0.2) is 0 Å². The highest BCUT2D eigenvalue weighted by Crippen LogP contribution is 2.16. The van der Waals surface area contributed by atoms with Crippen LogP contribution in [0.15, 0.2) is 24.3 Å². The van der Waals surface area contributed by atoms with Gasteiger partial charge in [0.1, 0.15) is 5.75 Å². The summed E-state index contributed by atoms with van der Waals surface area (Å²) in [6.07, 6.45) is 0.862. The number of rotatable bonds is 5. The standard InChI is InChI=1S/C13H18F2N2O/c14-13(15)18-12-3-1-2-11(10-12)4-7-17-8-5-16-6-9-17/h1-3,10,13,16H,4-9H2. The number of nitrogens with one attached hydrogen (secondary N) is 1. The van der Waals surface area contributed by atoms with Gasteiger partial charge in [0.05, 0.1) is 0 Å². The number of piperazine rings is 1. The molecule has 1 aliphatic rings. The van der Waals surface area contributed by atoms with Gasteiger partial charge in [-0.15, -0.1) is 0 Å². The largest absolute Gasteiger partial charge is 0.435 e. The summed E-state index contributed by atoms with van der Waals surface area (Å²) in [4.78, 5) is 2.37. The third kappa shape index (κ3) is 4.23. The van der Waals surface area contributed by atoms with E-state index in [1.54, 1.807) is 18.2 Å². The minimum absolute atomic E-state index is 0.239. The molecule has 0 radical (unpaired) electrons. The molecular formula is C13H18F2N2O. The van der Waals surface area contributed by atoms with E-state index in [0.717, 1.165) is 44.7 Å². The summed E-state index contributed by atoms with van der Waals surface area (Å²) >= 11 is 0. The lowest BCUT2D eigenvalue weighted by atomic mass is 10.1. The van der Waals surface area contributed by atoms with Crippen molar-refractivity contribution in [2.24, 2.45) is 0 Å². The smallest absolute Gasteiger partial charge is 0.387 e. The maximum atomic E-state index is 12.1. The lowest BCUT2D eigenvalue weighted by Crippen LogP contribution is -2.44. The van der Waals surface area contributed by atoms with Crippen molar-refractivity contribution < 1.29 is 13.5 Å². The molecule has 0 unspecified atom stereocenters. The van der Waals surface area contributed by atoms with Crippen LogP contribution in [-0.4, -0.2) is 44.2 Å². The summed E-state index contributed by atoms with van der Waals surface area (Å²) in [6.45, 7) is 2.34. The molecule has 3 nitrogen and oxygen atoms in total. The van der Waals surface area contributed by atoms with E-state index in [1.807, 2.05) is 6.07 Å². The van der Waals surface area contributed by atoms with Crippen molar-refractivity contribution in [3.8, 4) is 5.75 Å². The first-order valence-corrected chi connectivity index (χ1v) is 6.21. The van der Waals surface area contributed by atoms with E-state index in [0.29, 0.717) is 0 Å². The Kier molecular flexibility index (Phi) is 4.90. The van der Waals surface area contributed by atoms with E-state index >= 15 is 0 Å². The van der Waals surface area contributed by atoms with Crippen LogP contribution in [0.2, 0.25) is 0 Å². The van der Waals surface area contributed by atoms with E-state index in [9.17, 15) is 8.78 Å². The van der Waals surface area contributed by atoms with Crippen molar-refractivity contribution >= 4 is 0 Å². The molecule has 0 atom stereocenters. The van der Waals surface area contributed by atoms with Crippen molar-refractivity contribution in [1.29, 1.82) is 0 Å². The Balaban J connectivity index is 1.84. The fraction of sp³-hybridized carbons (Fsp3) is 0.538. The van der Waals surface area contributed by atoms with Crippen LogP contribution in [0.4, 0.5) is 8.78 Å². The summed E-state index contributed by atoms with van der Waals surface area (Å²) in [5.41, 5.74) is 1.03. The van der Waals surface area contributed by atoms with Gasteiger partial charge in [0, 0.05) is 32.7 Å². The van der Waals surface area contributed by atoms with Crippen LogP contribution >= 0.6 is 0 Å². The predicted octanol–water partition coefficient (Wildman–Crippen LogP) is 1.74. The number of nitrogens with zero attached hydrogens (tertiary/aromatic N) is 1. The SMILES string of the molecule is FC(F)Oc1cccc(CCN2CCNCC2)c1. The molecule has 1 fully saturated rings. The van der Waals surface area contributed by atoms with Crippen LogP contribution in [0, 0.1) is 0 Å². The van der Waals surface area contributed by atoms with Crippen molar-refractivity contribution in [3.63, 3.8) is 0 Å². The fourth-order valence-corrected chi connectivity index (χ4v) is 2.10. The molecule has 18 heavy (non-hydrogen) atoms. The Bertz CT molecular complexity index is 368. The zero-order valence-electron chi connectivity index (χ0n) is 10.2.